The van der Waals surface area contributed by atoms with Crippen molar-refractivity contribution >= 4 is 17.5 Å². The summed E-state index contributed by atoms with van der Waals surface area (Å²) in [6.07, 6.45) is 0.781. The Morgan fingerprint density at radius 1 is 1.22 bits per heavy atom. The summed E-state index contributed by atoms with van der Waals surface area (Å²) >= 11 is 5.75. The lowest BCUT2D eigenvalue weighted by atomic mass is 10.2. The van der Waals surface area contributed by atoms with Crippen LogP contribution in [0, 0.1) is 0 Å². The van der Waals surface area contributed by atoms with Crippen molar-refractivity contribution in [1.82, 2.24) is 5.32 Å². The third-order valence-corrected chi connectivity index (χ3v) is 2.54. The number of amides is 1. The van der Waals surface area contributed by atoms with Crippen molar-refractivity contribution in [3.8, 4) is 0 Å². The molecule has 5 heteroatoms. The number of halogens is 1. The number of nitrogens with one attached hydrogen (secondary N) is 1. The first-order valence-electron chi connectivity index (χ1n) is 5.84. The maximum Gasteiger partial charge on any atom is 0.251 e. The Morgan fingerprint density at radius 2 is 1.94 bits per heavy atom. The number of methoxy groups -OCH3 is 1. The van der Waals surface area contributed by atoms with Gasteiger partial charge in [0.05, 0.1) is 13.2 Å². The van der Waals surface area contributed by atoms with Crippen LogP contribution in [0.3, 0.4) is 0 Å². The maximum atomic E-state index is 11.7. The fraction of sp³-hybridized carbons (Fsp3) is 0.462. The molecule has 1 aromatic rings. The molecule has 18 heavy (non-hydrogen) atoms. The predicted octanol–water partition coefficient (Wildman–Crippen LogP) is 2.12. The van der Waals surface area contributed by atoms with Crippen LogP contribution in [0.5, 0.6) is 0 Å². The van der Waals surface area contributed by atoms with Crippen LogP contribution in [0.1, 0.15) is 16.8 Å². The van der Waals surface area contributed by atoms with Gasteiger partial charge in [-0.2, -0.15) is 0 Å². The van der Waals surface area contributed by atoms with Crippen molar-refractivity contribution in [2.24, 2.45) is 0 Å². The molecule has 1 aromatic carbocycles. The van der Waals surface area contributed by atoms with E-state index in [1.54, 1.807) is 31.4 Å². The molecule has 0 aliphatic heterocycles. The Morgan fingerprint density at radius 3 is 2.61 bits per heavy atom. The number of carbonyl (C=O) groups excluding carboxylic acids is 1. The largest absolute Gasteiger partial charge is 0.382 e. The third-order valence-electron chi connectivity index (χ3n) is 2.29. The Hall–Kier alpha value is -1.10. The Bertz CT molecular complexity index is 354. The molecular weight excluding hydrogens is 254 g/mol. The molecule has 0 fully saturated rings. The van der Waals surface area contributed by atoms with Gasteiger partial charge in [0.1, 0.15) is 0 Å². The van der Waals surface area contributed by atoms with Crippen molar-refractivity contribution in [2.75, 3.05) is 33.5 Å². The molecule has 0 aliphatic carbocycles. The molecule has 0 aromatic heterocycles. The SMILES string of the molecule is COCCOCCCNC(=O)c1ccc(Cl)cc1. The first kappa shape index (κ1) is 15.0. The van der Waals surface area contributed by atoms with Gasteiger partial charge in [-0.3, -0.25) is 4.79 Å². The lowest BCUT2D eigenvalue weighted by molar-refractivity contribution is 0.0688. The van der Waals surface area contributed by atoms with Crippen LogP contribution in [0.15, 0.2) is 24.3 Å². The summed E-state index contributed by atoms with van der Waals surface area (Å²) in [7, 11) is 1.63. The van der Waals surface area contributed by atoms with Crippen LogP contribution in [0.2, 0.25) is 5.02 Å². The number of hydrogen-bond acceptors (Lipinski definition) is 3. The van der Waals surface area contributed by atoms with Crippen molar-refractivity contribution in [3.05, 3.63) is 34.9 Å². The highest BCUT2D eigenvalue weighted by Gasteiger charge is 2.03. The van der Waals surface area contributed by atoms with Crippen LogP contribution in [0.4, 0.5) is 0 Å². The zero-order chi connectivity index (χ0) is 13.2. The fourth-order valence-corrected chi connectivity index (χ4v) is 1.45. The second kappa shape index (κ2) is 8.91. The van der Waals surface area contributed by atoms with E-state index >= 15 is 0 Å². The minimum absolute atomic E-state index is 0.0939. The van der Waals surface area contributed by atoms with E-state index in [0.717, 1.165) is 6.42 Å². The van der Waals surface area contributed by atoms with Gasteiger partial charge in [0.25, 0.3) is 5.91 Å². The van der Waals surface area contributed by atoms with E-state index in [1.165, 1.54) is 0 Å². The Balaban J connectivity index is 2.12. The number of benzene rings is 1. The number of hydrogen-bond donors (Lipinski definition) is 1. The molecule has 0 unspecified atom stereocenters. The van der Waals surface area contributed by atoms with Gasteiger partial charge in [0.15, 0.2) is 0 Å². The first-order valence-corrected chi connectivity index (χ1v) is 6.22. The highest BCUT2D eigenvalue weighted by molar-refractivity contribution is 6.30. The van der Waals surface area contributed by atoms with Gasteiger partial charge in [0, 0.05) is 30.8 Å². The maximum absolute atomic E-state index is 11.7. The van der Waals surface area contributed by atoms with Gasteiger partial charge in [0.2, 0.25) is 0 Å². The summed E-state index contributed by atoms with van der Waals surface area (Å²) in [6, 6.07) is 6.80. The Kier molecular flexibility index (Phi) is 7.41. The van der Waals surface area contributed by atoms with Crippen molar-refractivity contribution < 1.29 is 14.3 Å². The molecule has 4 nitrogen and oxygen atoms in total. The number of carbonyl (C=O) groups is 1. The van der Waals surface area contributed by atoms with Crippen LogP contribution < -0.4 is 5.32 Å². The second-order valence-corrected chi connectivity index (χ2v) is 4.16. The first-order chi connectivity index (χ1) is 8.74. The summed E-state index contributed by atoms with van der Waals surface area (Å²) in [6.45, 7) is 2.39. The summed E-state index contributed by atoms with van der Waals surface area (Å²) < 4.78 is 10.1. The minimum Gasteiger partial charge on any atom is -0.382 e. The molecule has 0 spiro atoms. The third kappa shape index (κ3) is 6.00. The molecule has 100 valence electrons. The van der Waals surface area contributed by atoms with Gasteiger partial charge < -0.3 is 14.8 Å². The lowest BCUT2D eigenvalue weighted by Gasteiger charge is -2.06. The topological polar surface area (TPSA) is 47.6 Å². The normalized spacial score (nSPS) is 10.3. The van der Waals surface area contributed by atoms with Crippen LogP contribution in [-0.4, -0.2) is 39.4 Å². The molecule has 0 saturated carbocycles. The monoisotopic (exact) mass is 271 g/mol. The highest BCUT2D eigenvalue weighted by Crippen LogP contribution is 2.09. The fourth-order valence-electron chi connectivity index (χ4n) is 1.32. The molecule has 0 bridgehead atoms. The number of rotatable bonds is 8. The summed E-state index contributed by atoms with van der Waals surface area (Å²) in [5.74, 6) is -0.0939. The van der Waals surface area contributed by atoms with E-state index in [1.807, 2.05) is 0 Å². The second-order valence-electron chi connectivity index (χ2n) is 3.72. The molecule has 1 rings (SSSR count). The van der Waals surface area contributed by atoms with Gasteiger partial charge in [-0.25, -0.2) is 0 Å². The van der Waals surface area contributed by atoms with E-state index in [-0.39, 0.29) is 5.91 Å². The van der Waals surface area contributed by atoms with Crippen LogP contribution >= 0.6 is 11.6 Å². The average Bonchev–Trinajstić information content (AvgIpc) is 2.38. The van der Waals surface area contributed by atoms with Crippen LogP contribution in [-0.2, 0) is 9.47 Å². The molecule has 0 aliphatic rings. The van der Waals surface area contributed by atoms with Gasteiger partial charge in [-0.1, -0.05) is 11.6 Å². The Labute approximate surface area is 112 Å². The summed E-state index contributed by atoms with van der Waals surface area (Å²) in [5.41, 5.74) is 0.611. The standard InChI is InChI=1S/C13H18ClNO3/c1-17-9-10-18-8-2-7-15-13(16)11-3-5-12(14)6-4-11/h3-6H,2,7-10H2,1H3,(H,15,16). The van der Waals surface area contributed by atoms with E-state index in [2.05, 4.69) is 5.32 Å². The molecular formula is C13H18ClNO3. The van der Waals surface area contributed by atoms with Crippen molar-refractivity contribution in [2.45, 2.75) is 6.42 Å². The van der Waals surface area contributed by atoms with Crippen molar-refractivity contribution in [1.29, 1.82) is 0 Å². The van der Waals surface area contributed by atoms with E-state index in [9.17, 15) is 4.79 Å². The molecule has 0 saturated heterocycles. The van der Waals surface area contributed by atoms with Gasteiger partial charge in [-0.05, 0) is 30.7 Å². The zero-order valence-electron chi connectivity index (χ0n) is 10.4. The van der Waals surface area contributed by atoms with E-state index in [0.29, 0.717) is 37.0 Å². The van der Waals surface area contributed by atoms with Gasteiger partial charge >= 0.3 is 0 Å². The summed E-state index contributed by atoms with van der Waals surface area (Å²) in [5, 5.41) is 3.44. The summed E-state index contributed by atoms with van der Waals surface area (Å²) in [4.78, 5) is 11.7. The quantitative estimate of drug-likeness (QED) is 0.737. The average molecular weight is 272 g/mol. The van der Waals surface area contributed by atoms with Gasteiger partial charge in [-0.15, -0.1) is 0 Å². The van der Waals surface area contributed by atoms with E-state index < -0.39 is 0 Å². The highest BCUT2D eigenvalue weighted by atomic mass is 35.5. The minimum atomic E-state index is -0.0939. The zero-order valence-corrected chi connectivity index (χ0v) is 11.2. The molecule has 1 N–H and O–H groups in total. The molecule has 0 atom stereocenters. The van der Waals surface area contributed by atoms with Crippen molar-refractivity contribution in [3.63, 3.8) is 0 Å². The molecule has 1 amide bonds. The van der Waals surface area contributed by atoms with Crippen LogP contribution in [0.25, 0.3) is 0 Å². The predicted molar refractivity (Wildman–Crippen MR) is 71.1 cm³/mol. The molecule has 0 radical (unpaired) electrons. The lowest BCUT2D eigenvalue weighted by Crippen LogP contribution is -2.25. The molecule has 0 heterocycles. The number of ether oxygens (including phenoxy) is 2. The smallest absolute Gasteiger partial charge is 0.251 e. The van der Waals surface area contributed by atoms with E-state index in [4.69, 9.17) is 21.1 Å².